The van der Waals surface area contributed by atoms with E-state index in [4.69, 9.17) is 9.47 Å². The van der Waals surface area contributed by atoms with Crippen LogP contribution in [0.2, 0.25) is 0 Å². The van der Waals surface area contributed by atoms with Crippen molar-refractivity contribution in [1.82, 2.24) is 10.6 Å². The van der Waals surface area contributed by atoms with Crippen LogP contribution in [0.15, 0.2) is 60.2 Å². The van der Waals surface area contributed by atoms with Crippen LogP contribution in [0.25, 0.3) is 6.08 Å². The van der Waals surface area contributed by atoms with E-state index < -0.39 is 17.8 Å². The van der Waals surface area contributed by atoms with Gasteiger partial charge in [0.1, 0.15) is 30.3 Å². The molecule has 26 heavy (non-hydrogen) atoms. The first-order valence-corrected chi connectivity index (χ1v) is 7.91. The normalized spacial score (nSPS) is 13.7. The lowest BCUT2D eigenvalue weighted by atomic mass is 10.1. The highest BCUT2D eigenvalue weighted by Gasteiger charge is 2.27. The Morgan fingerprint density at radius 1 is 0.769 bits per heavy atom. The van der Waals surface area contributed by atoms with Crippen molar-refractivity contribution in [1.29, 1.82) is 0 Å². The van der Waals surface area contributed by atoms with E-state index >= 15 is 0 Å². The molecule has 132 valence electrons. The molecular weight excluding hydrogens is 336 g/mol. The minimum atomic E-state index is -0.834. The highest BCUT2D eigenvalue weighted by Crippen LogP contribution is 2.22. The van der Waals surface area contributed by atoms with Gasteiger partial charge in [-0.2, -0.15) is 0 Å². The van der Waals surface area contributed by atoms with Crippen molar-refractivity contribution in [2.24, 2.45) is 0 Å². The van der Waals surface area contributed by atoms with E-state index in [1.807, 2.05) is 41.0 Å². The maximum atomic E-state index is 11.8. The molecule has 4 amide bonds. The molecule has 1 saturated heterocycles. The molecule has 0 spiro atoms. The van der Waals surface area contributed by atoms with Crippen LogP contribution in [0.3, 0.4) is 0 Å². The summed E-state index contributed by atoms with van der Waals surface area (Å²) < 4.78 is 11.2. The zero-order valence-corrected chi connectivity index (χ0v) is 13.7. The zero-order chi connectivity index (χ0) is 18.4. The van der Waals surface area contributed by atoms with Gasteiger partial charge < -0.3 is 9.47 Å². The number of carbonyl (C=O) groups is 3. The summed E-state index contributed by atoms with van der Waals surface area (Å²) in [7, 11) is 0. The lowest BCUT2D eigenvalue weighted by molar-refractivity contribution is -0.123. The number of nitrogens with one attached hydrogen (secondary N) is 2. The van der Waals surface area contributed by atoms with Crippen molar-refractivity contribution in [2.75, 3.05) is 13.2 Å². The summed E-state index contributed by atoms with van der Waals surface area (Å²) in [6, 6.07) is 15.5. The Morgan fingerprint density at radius 3 is 2.12 bits per heavy atom. The Hall–Kier alpha value is -3.61. The molecule has 2 aromatic carbocycles. The van der Waals surface area contributed by atoms with Gasteiger partial charge in [-0.3, -0.25) is 20.2 Å². The average molecular weight is 352 g/mol. The quantitative estimate of drug-likeness (QED) is 0.470. The van der Waals surface area contributed by atoms with Crippen LogP contribution >= 0.6 is 0 Å². The van der Waals surface area contributed by atoms with Gasteiger partial charge in [0.2, 0.25) is 0 Å². The molecule has 0 atom stereocenters. The highest BCUT2D eigenvalue weighted by atomic mass is 16.5. The van der Waals surface area contributed by atoms with Crippen molar-refractivity contribution >= 4 is 23.9 Å². The summed E-state index contributed by atoms with van der Waals surface area (Å²) in [4.78, 5) is 34.8. The number of benzene rings is 2. The van der Waals surface area contributed by atoms with Crippen molar-refractivity contribution in [3.8, 4) is 11.5 Å². The third-order valence-electron chi connectivity index (χ3n) is 3.52. The van der Waals surface area contributed by atoms with Crippen molar-refractivity contribution in [3.05, 3.63) is 65.7 Å². The molecule has 0 aliphatic carbocycles. The standard InChI is InChI=1S/C19H16N2O5/c22-17-15(18(23)21-19(24)20-17)12-13-6-4-5-9-16(13)26-11-10-25-14-7-2-1-3-8-14/h1-9,12H,10-11H2,(H2,20,21,22,23,24). The van der Waals surface area contributed by atoms with Crippen LogP contribution in [0.5, 0.6) is 11.5 Å². The second kappa shape index (κ2) is 7.98. The van der Waals surface area contributed by atoms with Crippen LogP contribution in [0, 0.1) is 0 Å². The number of hydrogen-bond donors (Lipinski definition) is 2. The number of amides is 4. The molecule has 1 heterocycles. The Kier molecular flexibility index (Phi) is 5.28. The van der Waals surface area contributed by atoms with Gasteiger partial charge in [0.15, 0.2) is 0 Å². The van der Waals surface area contributed by atoms with Gasteiger partial charge in [0.05, 0.1) is 0 Å². The first kappa shape index (κ1) is 17.2. The first-order chi connectivity index (χ1) is 12.6. The van der Waals surface area contributed by atoms with Gasteiger partial charge in [-0.25, -0.2) is 4.79 Å². The molecule has 1 aliphatic rings. The molecule has 1 aliphatic heterocycles. The molecule has 0 radical (unpaired) electrons. The number of imide groups is 2. The predicted molar refractivity (Wildman–Crippen MR) is 93.5 cm³/mol. The zero-order valence-electron chi connectivity index (χ0n) is 13.7. The van der Waals surface area contributed by atoms with Gasteiger partial charge in [0.25, 0.3) is 11.8 Å². The maximum Gasteiger partial charge on any atom is 0.328 e. The molecule has 3 rings (SSSR count). The van der Waals surface area contributed by atoms with Crippen LogP contribution in [0.1, 0.15) is 5.56 Å². The van der Waals surface area contributed by atoms with E-state index in [1.165, 1.54) is 6.08 Å². The van der Waals surface area contributed by atoms with Crippen LogP contribution in [0.4, 0.5) is 4.79 Å². The lowest BCUT2D eigenvalue weighted by Gasteiger charge is -2.15. The Bertz CT molecular complexity index is 839. The molecule has 7 heteroatoms. The molecule has 0 aromatic heterocycles. The van der Waals surface area contributed by atoms with E-state index in [1.54, 1.807) is 24.3 Å². The number of barbiturate groups is 1. The molecule has 2 aromatic rings. The lowest BCUT2D eigenvalue weighted by Crippen LogP contribution is -2.51. The summed E-state index contributed by atoms with van der Waals surface area (Å²) in [6.45, 7) is 0.621. The molecule has 7 nitrogen and oxygen atoms in total. The van der Waals surface area contributed by atoms with E-state index in [0.717, 1.165) is 5.75 Å². The highest BCUT2D eigenvalue weighted by molar-refractivity contribution is 6.31. The second-order valence-corrected chi connectivity index (χ2v) is 5.34. The Morgan fingerprint density at radius 2 is 1.38 bits per heavy atom. The van der Waals surface area contributed by atoms with Crippen LogP contribution in [-0.4, -0.2) is 31.1 Å². The van der Waals surface area contributed by atoms with E-state index in [0.29, 0.717) is 17.9 Å². The van der Waals surface area contributed by atoms with Gasteiger partial charge >= 0.3 is 6.03 Å². The Labute approximate surface area is 149 Å². The van der Waals surface area contributed by atoms with Crippen LogP contribution < -0.4 is 20.1 Å². The fraction of sp³-hybridized carbons (Fsp3) is 0.105. The summed E-state index contributed by atoms with van der Waals surface area (Å²) in [5, 5.41) is 4.06. The van der Waals surface area contributed by atoms with Crippen LogP contribution in [-0.2, 0) is 9.59 Å². The summed E-state index contributed by atoms with van der Waals surface area (Å²) >= 11 is 0. The second-order valence-electron chi connectivity index (χ2n) is 5.34. The molecule has 0 unspecified atom stereocenters. The molecule has 0 saturated carbocycles. The van der Waals surface area contributed by atoms with Gasteiger partial charge in [0, 0.05) is 5.56 Å². The molecule has 0 bridgehead atoms. The number of urea groups is 1. The topological polar surface area (TPSA) is 93.7 Å². The SMILES string of the molecule is O=C1NC(=O)C(=Cc2ccccc2OCCOc2ccccc2)C(=O)N1. The summed E-state index contributed by atoms with van der Waals surface area (Å²) in [6.07, 6.45) is 1.38. The summed E-state index contributed by atoms with van der Waals surface area (Å²) in [5.74, 6) is -0.261. The van der Waals surface area contributed by atoms with Gasteiger partial charge in [-0.15, -0.1) is 0 Å². The first-order valence-electron chi connectivity index (χ1n) is 7.91. The maximum absolute atomic E-state index is 11.8. The molecule has 1 fully saturated rings. The van der Waals surface area contributed by atoms with Crippen molar-refractivity contribution in [2.45, 2.75) is 0 Å². The monoisotopic (exact) mass is 352 g/mol. The average Bonchev–Trinajstić information content (AvgIpc) is 2.63. The van der Waals surface area contributed by atoms with E-state index in [2.05, 4.69) is 0 Å². The number of rotatable bonds is 6. The predicted octanol–water partition coefficient (Wildman–Crippen LogP) is 1.89. The minimum Gasteiger partial charge on any atom is -0.490 e. The third kappa shape index (κ3) is 4.27. The number of hydrogen-bond acceptors (Lipinski definition) is 5. The minimum absolute atomic E-state index is 0.166. The summed E-state index contributed by atoms with van der Waals surface area (Å²) in [5.41, 5.74) is 0.378. The number of para-hydroxylation sites is 2. The third-order valence-corrected chi connectivity index (χ3v) is 3.52. The Balaban J connectivity index is 1.66. The fourth-order valence-corrected chi connectivity index (χ4v) is 2.32. The smallest absolute Gasteiger partial charge is 0.328 e. The van der Waals surface area contributed by atoms with E-state index in [9.17, 15) is 14.4 Å². The molecule has 2 N–H and O–H groups in total. The number of ether oxygens (including phenoxy) is 2. The van der Waals surface area contributed by atoms with Gasteiger partial charge in [-0.1, -0.05) is 36.4 Å². The number of carbonyl (C=O) groups excluding carboxylic acids is 3. The van der Waals surface area contributed by atoms with Crippen molar-refractivity contribution in [3.63, 3.8) is 0 Å². The molecular formula is C19H16N2O5. The van der Waals surface area contributed by atoms with Crippen molar-refractivity contribution < 1.29 is 23.9 Å². The van der Waals surface area contributed by atoms with E-state index in [-0.39, 0.29) is 12.2 Å². The largest absolute Gasteiger partial charge is 0.490 e. The van der Waals surface area contributed by atoms with Gasteiger partial charge in [-0.05, 0) is 24.3 Å². The fourth-order valence-electron chi connectivity index (χ4n) is 2.32.